The molecule has 5 heteroatoms. The van der Waals surface area contributed by atoms with E-state index in [2.05, 4.69) is 10.0 Å². The van der Waals surface area contributed by atoms with Crippen LogP contribution >= 0.6 is 0 Å². The molecule has 0 bridgehead atoms. The number of rotatable bonds is 7. The molecule has 0 atom stereocenters. The Hall–Kier alpha value is -0.130. The smallest absolute Gasteiger partial charge is 0.211 e. The maximum Gasteiger partial charge on any atom is 0.211 e. The minimum atomic E-state index is -3.04. The second kappa shape index (κ2) is 7.25. The van der Waals surface area contributed by atoms with Gasteiger partial charge in [-0.15, -0.1) is 0 Å². The standard InChI is InChI=1S/C11H24N2O2S/c1-12-9-5-6-10-16(14,15)13-11-7-3-2-4-8-11/h11-13H,2-10H2,1H3. The van der Waals surface area contributed by atoms with Crippen LogP contribution in [-0.4, -0.2) is 33.8 Å². The first-order valence-corrected chi connectivity index (χ1v) is 7.94. The molecule has 0 aromatic carbocycles. The Morgan fingerprint density at radius 1 is 1.12 bits per heavy atom. The van der Waals surface area contributed by atoms with Crippen molar-refractivity contribution in [3.05, 3.63) is 0 Å². The van der Waals surface area contributed by atoms with E-state index in [0.29, 0.717) is 0 Å². The molecular weight excluding hydrogens is 224 g/mol. The van der Waals surface area contributed by atoms with Crippen molar-refractivity contribution in [1.29, 1.82) is 0 Å². The van der Waals surface area contributed by atoms with Crippen LogP contribution in [0.5, 0.6) is 0 Å². The van der Waals surface area contributed by atoms with Crippen molar-refractivity contribution < 1.29 is 8.42 Å². The fourth-order valence-corrected chi connectivity index (χ4v) is 3.57. The molecule has 96 valence electrons. The quantitative estimate of drug-likeness (QED) is 0.666. The Bertz CT molecular complexity index is 272. The predicted molar refractivity (Wildman–Crippen MR) is 67.0 cm³/mol. The van der Waals surface area contributed by atoms with Crippen molar-refractivity contribution >= 4 is 10.0 Å². The lowest BCUT2D eigenvalue weighted by Gasteiger charge is -2.22. The highest BCUT2D eigenvalue weighted by molar-refractivity contribution is 7.89. The van der Waals surface area contributed by atoms with Gasteiger partial charge in [0.1, 0.15) is 0 Å². The Balaban J connectivity index is 2.22. The van der Waals surface area contributed by atoms with Gasteiger partial charge >= 0.3 is 0 Å². The van der Waals surface area contributed by atoms with Gasteiger partial charge in [0, 0.05) is 6.04 Å². The summed E-state index contributed by atoms with van der Waals surface area (Å²) in [6.07, 6.45) is 7.25. The van der Waals surface area contributed by atoms with E-state index in [4.69, 9.17) is 0 Å². The lowest BCUT2D eigenvalue weighted by Crippen LogP contribution is -2.37. The van der Waals surface area contributed by atoms with E-state index in [1.807, 2.05) is 7.05 Å². The second-order valence-electron chi connectivity index (χ2n) is 4.58. The van der Waals surface area contributed by atoms with Crippen LogP contribution in [0.15, 0.2) is 0 Å². The van der Waals surface area contributed by atoms with Gasteiger partial charge in [0.15, 0.2) is 0 Å². The van der Waals surface area contributed by atoms with Crippen molar-refractivity contribution in [1.82, 2.24) is 10.0 Å². The first-order valence-electron chi connectivity index (χ1n) is 6.28. The minimum absolute atomic E-state index is 0.197. The van der Waals surface area contributed by atoms with Gasteiger partial charge in [0.2, 0.25) is 10.0 Å². The molecule has 0 aliphatic heterocycles. The summed E-state index contributed by atoms with van der Waals surface area (Å²) in [6, 6.07) is 0.197. The summed E-state index contributed by atoms with van der Waals surface area (Å²) in [5.41, 5.74) is 0. The molecule has 0 aromatic rings. The molecule has 2 N–H and O–H groups in total. The van der Waals surface area contributed by atoms with E-state index in [0.717, 1.165) is 45.1 Å². The molecular formula is C11H24N2O2S. The van der Waals surface area contributed by atoms with Crippen molar-refractivity contribution in [2.75, 3.05) is 19.3 Å². The van der Waals surface area contributed by atoms with Gasteiger partial charge in [-0.3, -0.25) is 0 Å². The molecule has 0 radical (unpaired) electrons. The van der Waals surface area contributed by atoms with Crippen LogP contribution in [-0.2, 0) is 10.0 Å². The summed E-state index contributed by atoms with van der Waals surface area (Å²) >= 11 is 0. The van der Waals surface area contributed by atoms with Gasteiger partial charge in [-0.1, -0.05) is 19.3 Å². The van der Waals surface area contributed by atoms with Gasteiger partial charge in [0.05, 0.1) is 5.75 Å². The van der Waals surface area contributed by atoms with Crippen LogP contribution in [0.3, 0.4) is 0 Å². The van der Waals surface area contributed by atoms with E-state index in [1.165, 1.54) is 6.42 Å². The zero-order valence-electron chi connectivity index (χ0n) is 10.2. The summed E-state index contributed by atoms with van der Waals surface area (Å²) in [5, 5.41) is 3.02. The van der Waals surface area contributed by atoms with Crippen LogP contribution in [0.1, 0.15) is 44.9 Å². The molecule has 1 aliphatic carbocycles. The molecule has 0 amide bonds. The van der Waals surface area contributed by atoms with Crippen LogP contribution in [0.2, 0.25) is 0 Å². The minimum Gasteiger partial charge on any atom is -0.320 e. The SMILES string of the molecule is CNCCCCS(=O)(=O)NC1CCCCC1. The number of sulfonamides is 1. The summed E-state index contributed by atoms with van der Waals surface area (Å²) < 4.78 is 26.3. The normalized spacial score (nSPS) is 18.8. The van der Waals surface area contributed by atoms with Crippen LogP contribution < -0.4 is 10.0 Å². The molecule has 0 unspecified atom stereocenters. The second-order valence-corrected chi connectivity index (χ2v) is 6.46. The maximum absolute atomic E-state index is 11.7. The molecule has 1 saturated carbocycles. The molecule has 1 rings (SSSR count). The molecule has 0 saturated heterocycles. The highest BCUT2D eigenvalue weighted by Crippen LogP contribution is 2.18. The Labute approximate surface area is 99.2 Å². The van der Waals surface area contributed by atoms with Gasteiger partial charge in [-0.2, -0.15) is 0 Å². The van der Waals surface area contributed by atoms with E-state index < -0.39 is 10.0 Å². The summed E-state index contributed by atoms with van der Waals surface area (Å²) in [5.74, 6) is 0.269. The fourth-order valence-electron chi connectivity index (χ4n) is 2.13. The average Bonchev–Trinajstić information content (AvgIpc) is 2.25. The van der Waals surface area contributed by atoms with E-state index in [9.17, 15) is 8.42 Å². The average molecular weight is 248 g/mol. The van der Waals surface area contributed by atoms with E-state index >= 15 is 0 Å². The summed E-state index contributed by atoms with van der Waals surface area (Å²) in [7, 11) is -1.16. The highest BCUT2D eigenvalue weighted by atomic mass is 32.2. The van der Waals surface area contributed by atoms with Crippen molar-refractivity contribution in [3.63, 3.8) is 0 Å². The molecule has 16 heavy (non-hydrogen) atoms. The van der Waals surface area contributed by atoms with E-state index in [-0.39, 0.29) is 11.8 Å². The van der Waals surface area contributed by atoms with Crippen LogP contribution in [0.25, 0.3) is 0 Å². The first-order chi connectivity index (χ1) is 7.64. The molecule has 0 aromatic heterocycles. The number of hydrogen-bond donors (Lipinski definition) is 2. The number of nitrogens with one attached hydrogen (secondary N) is 2. The maximum atomic E-state index is 11.7. The molecule has 1 aliphatic rings. The lowest BCUT2D eigenvalue weighted by molar-refractivity contribution is 0.412. The van der Waals surface area contributed by atoms with Gasteiger partial charge in [0.25, 0.3) is 0 Å². The van der Waals surface area contributed by atoms with Gasteiger partial charge in [-0.25, -0.2) is 13.1 Å². The fraction of sp³-hybridized carbons (Fsp3) is 1.00. The van der Waals surface area contributed by atoms with Crippen molar-refractivity contribution in [2.45, 2.75) is 51.0 Å². The highest BCUT2D eigenvalue weighted by Gasteiger charge is 2.19. The first kappa shape index (κ1) is 13.9. The Kier molecular flexibility index (Phi) is 6.31. The predicted octanol–water partition coefficient (Wildman–Crippen LogP) is 1.24. The van der Waals surface area contributed by atoms with Crippen molar-refractivity contribution in [3.8, 4) is 0 Å². The third kappa shape index (κ3) is 5.82. The van der Waals surface area contributed by atoms with Gasteiger partial charge in [-0.05, 0) is 39.3 Å². The topological polar surface area (TPSA) is 58.2 Å². The third-order valence-corrected chi connectivity index (χ3v) is 4.56. The summed E-state index contributed by atoms with van der Waals surface area (Å²) in [4.78, 5) is 0. The molecule has 0 spiro atoms. The number of hydrogen-bond acceptors (Lipinski definition) is 3. The van der Waals surface area contributed by atoms with Crippen molar-refractivity contribution in [2.24, 2.45) is 0 Å². The van der Waals surface area contributed by atoms with Crippen LogP contribution in [0.4, 0.5) is 0 Å². The Morgan fingerprint density at radius 2 is 1.81 bits per heavy atom. The van der Waals surface area contributed by atoms with Crippen LogP contribution in [0, 0.1) is 0 Å². The zero-order valence-corrected chi connectivity index (χ0v) is 11.0. The van der Waals surface area contributed by atoms with E-state index in [1.54, 1.807) is 0 Å². The summed E-state index contributed by atoms with van der Waals surface area (Å²) in [6.45, 7) is 0.888. The van der Waals surface area contributed by atoms with Gasteiger partial charge < -0.3 is 5.32 Å². The molecule has 4 nitrogen and oxygen atoms in total. The zero-order chi connectivity index (χ0) is 11.9. The largest absolute Gasteiger partial charge is 0.320 e. The third-order valence-electron chi connectivity index (χ3n) is 3.04. The molecule has 1 fully saturated rings. The monoisotopic (exact) mass is 248 g/mol. The number of unbranched alkanes of at least 4 members (excludes halogenated alkanes) is 1. The molecule has 0 heterocycles. The Morgan fingerprint density at radius 3 is 2.44 bits per heavy atom. The lowest BCUT2D eigenvalue weighted by atomic mass is 9.96.